The molecule has 1 heterocycles. The van der Waals surface area contributed by atoms with Crippen LogP contribution >= 0.6 is 23.2 Å². The van der Waals surface area contributed by atoms with Crippen molar-refractivity contribution < 1.29 is 4.79 Å². The summed E-state index contributed by atoms with van der Waals surface area (Å²) in [6, 6.07) is 14.6. The van der Waals surface area contributed by atoms with Gasteiger partial charge in [0.15, 0.2) is 6.29 Å². The highest BCUT2D eigenvalue weighted by Crippen LogP contribution is 2.29. The van der Waals surface area contributed by atoms with Crippen LogP contribution in [0.2, 0.25) is 10.0 Å². The number of halogens is 2. The second kappa shape index (κ2) is 5.72. The van der Waals surface area contributed by atoms with Crippen LogP contribution < -0.4 is 0 Å². The Morgan fingerprint density at radius 2 is 1.71 bits per heavy atom. The maximum atomic E-state index is 11.3. The molecule has 0 amide bonds. The second-order valence-corrected chi connectivity index (χ2v) is 5.28. The Kier molecular flexibility index (Phi) is 3.78. The molecule has 0 spiro atoms. The van der Waals surface area contributed by atoms with E-state index in [0.29, 0.717) is 21.3 Å². The van der Waals surface area contributed by atoms with Crippen LogP contribution in [-0.4, -0.2) is 16.1 Å². The Bertz CT molecular complexity index is 794. The molecule has 2 aromatic carbocycles. The summed E-state index contributed by atoms with van der Waals surface area (Å²) in [5.41, 5.74) is 2.75. The Hall–Kier alpha value is -2.10. The molecule has 0 fully saturated rings. The quantitative estimate of drug-likeness (QED) is 0.659. The zero-order valence-corrected chi connectivity index (χ0v) is 12.3. The van der Waals surface area contributed by atoms with E-state index in [2.05, 4.69) is 5.10 Å². The van der Waals surface area contributed by atoms with Crippen LogP contribution in [0, 0.1) is 0 Å². The standard InChI is InChI=1S/C16H10Cl2N2O/c17-13-7-5-11(6-8-13)16-12(10-21)9-19-20(16)15-4-2-1-3-14(15)18/h1-10H. The van der Waals surface area contributed by atoms with Gasteiger partial charge in [0.25, 0.3) is 0 Å². The number of carbonyl (C=O) groups is 1. The topological polar surface area (TPSA) is 34.9 Å². The summed E-state index contributed by atoms with van der Waals surface area (Å²) in [5.74, 6) is 0. The van der Waals surface area contributed by atoms with Crippen LogP contribution in [0.1, 0.15) is 10.4 Å². The molecule has 0 unspecified atom stereocenters. The van der Waals surface area contributed by atoms with E-state index in [1.165, 1.54) is 6.20 Å². The molecule has 3 nitrogen and oxygen atoms in total. The van der Waals surface area contributed by atoms with Crippen molar-refractivity contribution in [2.75, 3.05) is 0 Å². The zero-order chi connectivity index (χ0) is 14.8. The van der Waals surface area contributed by atoms with Crippen molar-refractivity contribution in [3.05, 3.63) is 70.3 Å². The maximum absolute atomic E-state index is 11.3. The van der Waals surface area contributed by atoms with Gasteiger partial charge in [-0.25, -0.2) is 4.68 Å². The summed E-state index contributed by atoms with van der Waals surface area (Å²) in [6.07, 6.45) is 2.31. The van der Waals surface area contributed by atoms with Crippen molar-refractivity contribution in [2.24, 2.45) is 0 Å². The normalized spacial score (nSPS) is 10.6. The Morgan fingerprint density at radius 3 is 2.38 bits per heavy atom. The SMILES string of the molecule is O=Cc1cnn(-c2ccccc2Cl)c1-c1ccc(Cl)cc1. The minimum atomic E-state index is 0.497. The monoisotopic (exact) mass is 316 g/mol. The van der Waals surface area contributed by atoms with Crippen LogP contribution in [0.3, 0.4) is 0 Å². The third-order valence-electron chi connectivity index (χ3n) is 3.12. The lowest BCUT2D eigenvalue weighted by molar-refractivity contribution is 0.112. The van der Waals surface area contributed by atoms with E-state index >= 15 is 0 Å². The van der Waals surface area contributed by atoms with E-state index < -0.39 is 0 Å². The van der Waals surface area contributed by atoms with E-state index in [-0.39, 0.29) is 0 Å². The number of rotatable bonds is 3. The fraction of sp³-hybridized carbons (Fsp3) is 0. The first-order chi connectivity index (χ1) is 10.2. The van der Waals surface area contributed by atoms with E-state index in [4.69, 9.17) is 23.2 Å². The van der Waals surface area contributed by atoms with Gasteiger partial charge in [-0.05, 0) is 24.3 Å². The van der Waals surface area contributed by atoms with E-state index in [9.17, 15) is 4.79 Å². The number of carbonyl (C=O) groups excluding carboxylic acids is 1. The summed E-state index contributed by atoms with van der Waals surface area (Å²) in [5, 5.41) is 5.48. The smallest absolute Gasteiger partial charge is 0.153 e. The Labute approximate surface area is 131 Å². The number of hydrogen-bond donors (Lipinski definition) is 0. The van der Waals surface area contributed by atoms with Crippen molar-refractivity contribution in [3.63, 3.8) is 0 Å². The molecule has 0 saturated carbocycles. The Morgan fingerprint density at radius 1 is 1.00 bits per heavy atom. The molecule has 0 N–H and O–H groups in total. The first kappa shape index (κ1) is 13.9. The second-order valence-electron chi connectivity index (χ2n) is 4.44. The zero-order valence-electron chi connectivity index (χ0n) is 10.8. The van der Waals surface area contributed by atoms with Gasteiger partial charge in [0, 0.05) is 10.6 Å². The number of para-hydroxylation sites is 1. The van der Waals surface area contributed by atoms with E-state index in [1.54, 1.807) is 22.9 Å². The van der Waals surface area contributed by atoms with Gasteiger partial charge in [0.2, 0.25) is 0 Å². The summed E-state index contributed by atoms with van der Waals surface area (Å²) < 4.78 is 1.66. The lowest BCUT2D eigenvalue weighted by atomic mass is 10.1. The van der Waals surface area contributed by atoms with Crippen molar-refractivity contribution in [2.45, 2.75) is 0 Å². The molecular weight excluding hydrogens is 307 g/mol. The van der Waals surface area contributed by atoms with Crippen LogP contribution in [0.4, 0.5) is 0 Å². The van der Waals surface area contributed by atoms with Gasteiger partial charge in [-0.2, -0.15) is 5.10 Å². The molecule has 0 saturated heterocycles. The number of aldehydes is 1. The third kappa shape index (κ3) is 2.58. The lowest BCUT2D eigenvalue weighted by Gasteiger charge is -2.10. The minimum Gasteiger partial charge on any atom is -0.298 e. The average Bonchev–Trinajstić information content (AvgIpc) is 2.92. The predicted octanol–water partition coefficient (Wildman–Crippen LogP) is 4.66. The maximum Gasteiger partial charge on any atom is 0.153 e. The van der Waals surface area contributed by atoms with Crippen LogP contribution in [0.15, 0.2) is 54.7 Å². The first-order valence-corrected chi connectivity index (χ1v) is 7.00. The summed E-state index contributed by atoms with van der Waals surface area (Å²) in [4.78, 5) is 11.3. The highest BCUT2D eigenvalue weighted by Gasteiger charge is 2.15. The summed E-state index contributed by atoms with van der Waals surface area (Å²) >= 11 is 12.1. The number of benzene rings is 2. The van der Waals surface area contributed by atoms with Gasteiger partial charge in [-0.1, -0.05) is 47.5 Å². The molecule has 104 valence electrons. The van der Waals surface area contributed by atoms with Crippen molar-refractivity contribution in [1.29, 1.82) is 0 Å². The van der Waals surface area contributed by atoms with E-state index in [1.807, 2.05) is 30.3 Å². The van der Waals surface area contributed by atoms with Gasteiger partial charge < -0.3 is 0 Å². The highest BCUT2D eigenvalue weighted by molar-refractivity contribution is 6.32. The van der Waals surface area contributed by atoms with Crippen molar-refractivity contribution >= 4 is 29.5 Å². The minimum absolute atomic E-state index is 0.497. The predicted molar refractivity (Wildman–Crippen MR) is 84.4 cm³/mol. The number of hydrogen-bond acceptors (Lipinski definition) is 2. The third-order valence-corrected chi connectivity index (χ3v) is 3.69. The van der Waals surface area contributed by atoms with Crippen molar-refractivity contribution in [1.82, 2.24) is 9.78 Å². The molecule has 0 bridgehead atoms. The van der Waals surface area contributed by atoms with Gasteiger partial charge in [-0.15, -0.1) is 0 Å². The van der Waals surface area contributed by atoms with Gasteiger partial charge in [-0.3, -0.25) is 4.79 Å². The number of nitrogens with zero attached hydrogens (tertiary/aromatic N) is 2. The van der Waals surface area contributed by atoms with Gasteiger partial charge in [0.05, 0.1) is 28.2 Å². The summed E-state index contributed by atoms with van der Waals surface area (Å²) in [7, 11) is 0. The largest absolute Gasteiger partial charge is 0.298 e. The van der Waals surface area contributed by atoms with Crippen molar-refractivity contribution in [3.8, 4) is 16.9 Å². The van der Waals surface area contributed by atoms with E-state index in [0.717, 1.165) is 17.5 Å². The molecule has 0 aliphatic rings. The van der Waals surface area contributed by atoms with Crippen LogP contribution in [0.25, 0.3) is 16.9 Å². The summed E-state index contributed by atoms with van der Waals surface area (Å²) in [6.45, 7) is 0. The average molecular weight is 317 g/mol. The molecule has 21 heavy (non-hydrogen) atoms. The molecule has 3 rings (SSSR count). The molecule has 0 atom stereocenters. The first-order valence-electron chi connectivity index (χ1n) is 6.25. The molecule has 5 heteroatoms. The molecule has 0 aliphatic heterocycles. The van der Waals surface area contributed by atoms with Crippen LogP contribution in [0.5, 0.6) is 0 Å². The molecule has 0 aliphatic carbocycles. The molecule has 3 aromatic rings. The number of aromatic nitrogens is 2. The lowest BCUT2D eigenvalue weighted by Crippen LogP contribution is -2.00. The highest BCUT2D eigenvalue weighted by atomic mass is 35.5. The fourth-order valence-corrected chi connectivity index (χ4v) is 2.49. The van der Waals surface area contributed by atoms with Gasteiger partial charge in [0.1, 0.15) is 0 Å². The molecular formula is C16H10Cl2N2O. The van der Waals surface area contributed by atoms with Crippen LogP contribution in [-0.2, 0) is 0 Å². The Balaban J connectivity index is 2.24. The molecule has 1 aromatic heterocycles. The molecule has 0 radical (unpaired) electrons. The fourth-order valence-electron chi connectivity index (χ4n) is 2.15. The van der Waals surface area contributed by atoms with Gasteiger partial charge >= 0.3 is 0 Å².